The maximum absolute atomic E-state index is 12.9. The van der Waals surface area contributed by atoms with Gasteiger partial charge in [-0.25, -0.2) is 4.98 Å². The van der Waals surface area contributed by atoms with Crippen molar-refractivity contribution >= 4 is 55.4 Å². The second-order valence-electron chi connectivity index (χ2n) is 7.17. The predicted octanol–water partition coefficient (Wildman–Crippen LogP) is 3.88. The summed E-state index contributed by atoms with van der Waals surface area (Å²) in [6, 6.07) is 9.93. The zero-order chi connectivity index (χ0) is 19.3. The normalized spacial score (nSPS) is 14.9. The van der Waals surface area contributed by atoms with Crippen LogP contribution in [0.15, 0.2) is 30.3 Å². The second kappa shape index (κ2) is 6.79. The lowest BCUT2D eigenvalue weighted by atomic mass is 10.1. The summed E-state index contributed by atoms with van der Waals surface area (Å²) in [5, 5.41) is 1.05. The van der Waals surface area contributed by atoms with E-state index in [1.54, 1.807) is 11.3 Å². The molecule has 8 heteroatoms. The molecule has 6 nitrogen and oxygen atoms in total. The third-order valence-electron chi connectivity index (χ3n) is 5.16. The largest absolute Gasteiger partial charge is 0.345 e. The SMILES string of the molecule is Cc1cc(C)c2nc(N3CCN(C(=O)c4ccc5nsnc5c4)CC3)sc2c1. The molecule has 1 fully saturated rings. The molecule has 0 N–H and O–H groups in total. The van der Waals surface area contributed by atoms with Crippen LogP contribution >= 0.6 is 23.1 Å². The van der Waals surface area contributed by atoms with Crippen LogP contribution in [0, 0.1) is 13.8 Å². The third kappa shape index (κ3) is 3.02. The van der Waals surface area contributed by atoms with Gasteiger partial charge in [-0.05, 0) is 49.2 Å². The van der Waals surface area contributed by atoms with E-state index < -0.39 is 0 Å². The molecule has 0 spiro atoms. The minimum Gasteiger partial charge on any atom is -0.345 e. The molecule has 1 amide bonds. The van der Waals surface area contributed by atoms with Crippen LogP contribution in [-0.2, 0) is 0 Å². The monoisotopic (exact) mass is 409 g/mol. The Bertz CT molecular complexity index is 1190. The molecule has 0 saturated carbocycles. The average molecular weight is 410 g/mol. The zero-order valence-electron chi connectivity index (χ0n) is 15.7. The topological polar surface area (TPSA) is 62.2 Å². The number of carbonyl (C=O) groups excluding carboxylic acids is 1. The Labute approximate surface area is 170 Å². The molecule has 2 aromatic carbocycles. The Hall–Kier alpha value is -2.58. The van der Waals surface area contributed by atoms with Gasteiger partial charge in [0.1, 0.15) is 11.0 Å². The molecule has 1 aliphatic heterocycles. The number of amides is 1. The van der Waals surface area contributed by atoms with E-state index >= 15 is 0 Å². The van der Waals surface area contributed by atoms with Crippen LogP contribution in [0.5, 0.6) is 0 Å². The summed E-state index contributed by atoms with van der Waals surface area (Å²) in [7, 11) is 0. The van der Waals surface area contributed by atoms with Crippen molar-refractivity contribution in [1.82, 2.24) is 18.6 Å². The van der Waals surface area contributed by atoms with Gasteiger partial charge in [-0.15, -0.1) is 0 Å². The lowest BCUT2D eigenvalue weighted by Gasteiger charge is -2.34. The van der Waals surface area contributed by atoms with Crippen LogP contribution in [0.3, 0.4) is 0 Å². The smallest absolute Gasteiger partial charge is 0.254 e. The fourth-order valence-corrected chi connectivity index (χ4v) is 5.40. The second-order valence-corrected chi connectivity index (χ2v) is 8.71. The molecule has 0 unspecified atom stereocenters. The lowest BCUT2D eigenvalue weighted by Crippen LogP contribution is -2.48. The van der Waals surface area contributed by atoms with Crippen LogP contribution in [0.1, 0.15) is 21.5 Å². The number of fused-ring (bicyclic) bond motifs is 2. The lowest BCUT2D eigenvalue weighted by molar-refractivity contribution is 0.0747. The van der Waals surface area contributed by atoms with E-state index in [0.717, 1.165) is 34.8 Å². The maximum atomic E-state index is 12.9. The van der Waals surface area contributed by atoms with Crippen molar-refractivity contribution < 1.29 is 4.79 Å². The molecule has 0 radical (unpaired) electrons. The highest BCUT2D eigenvalue weighted by molar-refractivity contribution is 7.22. The van der Waals surface area contributed by atoms with Gasteiger partial charge in [-0.2, -0.15) is 8.75 Å². The van der Waals surface area contributed by atoms with Crippen molar-refractivity contribution in [1.29, 1.82) is 0 Å². The molecule has 4 aromatic rings. The van der Waals surface area contributed by atoms with Gasteiger partial charge in [-0.1, -0.05) is 17.4 Å². The van der Waals surface area contributed by atoms with Crippen molar-refractivity contribution in [3.63, 3.8) is 0 Å². The molecule has 0 aliphatic carbocycles. The molecule has 142 valence electrons. The Morgan fingerprint density at radius 2 is 1.79 bits per heavy atom. The number of piperazine rings is 1. The van der Waals surface area contributed by atoms with Crippen molar-refractivity contribution in [2.75, 3.05) is 31.1 Å². The van der Waals surface area contributed by atoms with E-state index in [4.69, 9.17) is 4.98 Å². The standard InChI is InChI=1S/C20H19N5OS2/c1-12-9-13(2)18-17(10-12)27-20(21-18)25-7-5-24(6-8-25)19(26)14-3-4-15-16(11-14)23-28-22-15/h3-4,9-11H,5-8H2,1-2H3. The number of hydrogen-bond donors (Lipinski definition) is 0. The number of nitrogens with zero attached hydrogens (tertiary/aromatic N) is 5. The Balaban J connectivity index is 1.32. The van der Waals surface area contributed by atoms with Crippen LogP contribution in [0.4, 0.5) is 5.13 Å². The highest BCUT2D eigenvalue weighted by atomic mass is 32.1. The first-order chi connectivity index (χ1) is 13.6. The summed E-state index contributed by atoms with van der Waals surface area (Å²) in [5.41, 5.74) is 5.89. The fourth-order valence-electron chi connectivity index (χ4n) is 3.69. The van der Waals surface area contributed by atoms with Crippen LogP contribution < -0.4 is 4.90 Å². The quantitative estimate of drug-likeness (QED) is 0.503. The van der Waals surface area contributed by atoms with Gasteiger partial charge in [0.05, 0.1) is 21.9 Å². The Kier molecular flexibility index (Phi) is 4.25. The van der Waals surface area contributed by atoms with E-state index in [-0.39, 0.29) is 5.91 Å². The number of aryl methyl sites for hydroxylation is 2. The first kappa shape index (κ1) is 17.5. The predicted molar refractivity (Wildman–Crippen MR) is 115 cm³/mol. The highest BCUT2D eigenvalue weighted by Crippen LogP contribution is 2.32. The number of carbonyl (C=O) groups is 1. The number of thiazole rings is 1. The zero-order valence-corrected chi connectivity index (χ0v) is 17.3. The summed E-state index contributed by atoms with van der Waals surface area (Å²) < 4.78 is 9.67. The van der Waals surface area contributed by atoms with Crippen molar-refractivity contribution in [2.24, 2.45) is 0 Å². The number of benzene rings is 2. The summed E-state index contributed by atoms with van der Waals surface area (Å²) in [6.45, 7) is 7.22. The summed E-state index contributed by atoms with van der Waals surface area (Å²) in [4.78, 5) is 21.9. The highest BCUT2D eigenvalue weighted by Gasteiger charge is 2.24. The van der Waals surface area contributed by atoms with Gasteiger partial charge in [-0.3, -0.25) is 4.79 Å². The average Bonchev–Trinajstić information content (AvgIpc) is 3.33. The first-order valence-corrected chi connectivity index (χ1v) is 10.8. The van der Waals surface area contributed by atoms with Crippen molar-refractivity contribution in [2.45, 2.75) is 13.8 Å². The van der Waals surface area contributed by atoms with Crippen molar-refractivity contribution in [3.8, 4) is 0 Å². The first-order valence-electron chi connectivity index (χ1n) is 9.23. The molecule has 0 atom stereocenters. The molecule has 3 heterocycles. The van der Waals surface area contributed by atoms with E-state index in [1.807, 2.05) is 23.1 Å². The van der Waals surface area contributed by atoms with E-state index in [9.17, 15) is 4.79 Å². The van der Waals surface area contributed by atoms with Gasteiger partial charge < -0.3 is 9.80 Å². The molecule has 5 rings (SSSR count). The number of rotatable bonds is 2. The Morgan fingerprint density at radius 1 is 1.00 bits per heavy atom. The van der Waals surface area contributed by atoms with Gasteiger partial charge in [0.25, 0.3) is 5.91 Å². The summed E-state index contributed by atoms with van der Waals surface area (Å²) in [6.07, 6.45) is 0. The molecule has 1 saturated heterocycles. The number of aromatic nitrogens is 3. The van der Waals surface area contributed by atoms with Gasteiger partial charge in [0.15, 0.2) is 5.13 Å². The maximum Gasteiger partial charge on any atom is 0.254 e. The van der Waals surface area contributed by atoms with Crippen molar-refractivity contribution in [3.05, 3.63) is 47.0 Å². The summed E-state index contributed by atoms with van der Waals surface area (Å²) in [5.74, 6) is 0.0605. The van der Waals surface area contributed by atoms with Gasteiger partial charge in [0.2, 0.25) is 0 Å². The van der Waals surface area contributed by atoms with E-state index in [0.29, 0.717) is 18.7 Å². The van der Waals surface area contributed by atoms with Crippen LogP contribution in [0.2, 0.25) is 0 Å². The minimum atomic E-state index is 0.0605. The van der Waals surface area contributed by atoms with Crippen LogP contribution in [-0.4, -0.2) is 50.7 Å². The Morgan fingerprint density at radius 3 is 2.61 bits per heavy atom. The number of hydrogen-bond acceptors (Lipinski definition) is 7. The molecule has 1 aliphatic rings. The number of anilines is 1. The fraction of sp³-hybridized carbons (Fsp3) is 0.300. The molecular weight excluding hydrogens is 390 g/mol. The summed E-state index contributed by atoms with van der Waals surface area (Å²) >= 11 is 2.91. The minimum absolute atomic E-state index is 0.0605. The molecular formula is C20H19N5OS2. The van der Waals surface area contributed by atoms with E-state index in [2.05, 4.69) is 39.6 Å². The molecule has 28 heavy (non-hydrogen) atoms. The van der Waals surface area contributed by atoms with Crippen LogP contribution in [0.25, 0.3) is 21.3 Å². The van der Waals surface area contributed by atoms with Gasteiger partial charge in [0, 0.05) is 31.7 Å². The molecule has 2 aromatic heterocycles. The molecule has 0 bridgehead atoms. The third-order valence-corrected chi connectivity index (χ3v) is 6.78. The van der Waals surface area contributed by atoms with E-state index in [1.165, 1.54) is 27.6 Å². The van der Waals surface area contributed by atoms with Gasteiger partial charge >= 0.3 is 0 Å².